The fourth-order valence-electron chi connectivity index (χ4n) is 4.13. The van der Waals surface area contributed by atoms with Crippen LogP contribution in [0.4, 0.5) is 11.6 Å². The molecule has 0 radical (unpaired) electrons. The molecule has 1 aromatic carbocycles. The largest absolute Gasteiger partial charge is 0.355 e. The zero-order chi connectivity index (χ0) is 19.1. The number of hydrogen-bond acceptors (Lipinski definition) is 6. The number of nitrogens with zero attached hydrogens (tertiary/aromatic N) is 6. The Bertz CT molecular complexity index is 999. The number of benzene rings is 1. The molecule has 144 valence electrons. The third-order valence-corrected chi connectivity index (χ3v) is 5.93. The van der Waals surface area contributed by atoms with E-state index >= 15 is 0 Å². The summed E-state index contributed by atoms with van der Waals surface area (Å²) in [4.78, 5) is 23.7. The van der Waals surface area contributed by atoms with Crippen molar-refractivity contribution in [1.29, 1.82) is 0 Å². The minimum Gasteiger partial charge on any atom is -0.355 e. The number of anilines is 2. The van der Waals surface area contributed by atoms with Gasteiger partial charge >= 0.3 is 0 Å². The highest BCUT2D eigenvalue weighted by molar-refractivity contribution is 5.76. The van der Waals surface area contributed by atoms with E-state index in [-0.39, 0.29) is 0 Å². The van der Waals surface area contributed by atoms with E-state index in [2.05, 4.69) is 28.8 Å². The van der Waals surface area contributed by atoms with Crippen molar-refractivity contribution >= 4 is 22.7 Å². The van der Waals surface area contributed by atoms with Crippen LogP contribution in [0.3, 0.4) is 0 Å². The summed E-state index contributed by atoms with van der Waals surface area (Å²) in [5.74, 6) is 3.63. The highest BCUT2D eigenvalue weighted by Gasteiger charge is 2.29. The van der Waals surface area contributed by atoms with Crippen molar-refractivity contribution in [2.24, 2.45) is 0 Å². The van der Waals surface area contributed by atoms with Crippen LogP contribution in [0.25, 0.3) is 11.0 Å². The van der Waals surface area contributed by atoms with Gasteiger partial charge in [0.15, 0.2) is 5.82 Å². The molecule has 0 N–H and O–H groups in total. The monoisotopic (exact) mass is 374 g/mol. The second-order valence-electron chi connectivity index (χ2n) is 8.02. The maximum atomic E-state index is 4.93. The number of aryl methyl sites for hydroxylation is 1. The minimum absolute atomic E-state index is 0.406. The lowest BCUT2D eigenvalue weighted by Gasteiger charge is -2.39. The number of hydrogen-bond donors (Lipinski definition) is 0. The maximum absolute atomic E-state index is 4.93. The summed E-state index contributed by atoms with van der Waals surface area (Å²) in [6.07, 6.45) is 6.67. The zero-order valence-corrected chi connectivity index (χ0v) is 16.5. The Morgan fingerprint density at radius 2 is 1.79 bits per heavy atom. The fraction of sp³-hybridized carbons (Fsp3) is 0.455. The van der Waals surface area contributed by atoms with Gasteiger partial charge in [-0.25, -0.2) is 19.9 Å². The van der Waals surface area contributed by atoms with E-state index in [1.165, 1.54) is 12.8 Å². The summed E-state index contributed by atoms with van der Waals surface area (Å²) < 4.78 is 0. The molecule has 6 nitrogen and oxygen atoms in total. The van der Waals surface area contributed by atoms with E-state index in [4.69, 9.17) is 15.0 Å². The molecule has 5 rings (SSSR count). The van der Waals surface area contributed by atoms with E-state index in [0.29, 0.717) is 12.0 Å². The first-order valence-electron chi connectivity index (χ1n) is 10.2. The third kappa shape index (κ3) is 3.28. The van der Waals surface area contributed by atoms with Gasteiger partial charge in [-0.1, -0.05) is 12.1 Å². The van der Waals surface area contributed by atoms with Crippen molar-refractivity contribution in [3.05, 3.63) is 48.0 Å². The molecule has 0 amide bonds. The first-order valence-corrected chi connectivity index (χ1v) is 10.2. The van der Waals surface area contributed by atoms with E-state index in [1.54, 1.807) is 0 Å². The van der Waals surface area contributed by atoms with Gasteiger partial charge in [0.2, 0.25) is 0 Å². The third-order valence-electron chi connectivity index (χ3n) is 5.93. The van der Waals surface area contributed by atoms with Gasteiger partial charge < -0.3 is 9.80 Å². The molecule has 1 saturated carbocycles. The van der Waals surface area contributed by atoms with Gasteiger partial charge in [-0.2, -0.15) is 0 Å². The average molecular weight is 374 g/mol. The molecule has 3 heterocycles. The quantitative estimate of drug-likeness (QED) is 0.694. The van der Waals surface area contributed by atoms with Gasteiger partial charge in [0.05, 0.1) is 16.7 Å². The molecule has 0 spiro atoms. The second kappa shape index (κ2) is 7.00. The number of aromatic nitrogens is 4. The van der Waals surface area contributed by atoms with Gasteiger partial charge in [-0.3, -0.25) is 0 Å². The molecule has 2 aromatic heterocycles. The first-order chi connectivity index (χ1) is 13.7. The van der Waals surface area contributed by atoms with E-state index < -0.39 is 0 Å². The smallest absolute Gasteiger partial charge is 0.150 e. The molecule has 28 heavy (non-hydrogen) atoms. The fourth-order valence-corrected chi connectivity index (χ4v) is 4.13. The van der Waals surface area contributed by atoms with Crippen LogP contribution in [-0.2, 0) is 0 Å². The molecule has 0 bridgehead atoms. The minimum atomic E-state index is 0.406. The van der Waals surface area contributed by atoms with Crippen molar-refractivity contribution in [1.82, 2.24) is 19.9 Å². The Morgan fingerprint density at radius 3 is 2.57 bits per heavy atom. The van der Waals surface area contributed by atoms with Crippen LogP contribution in [0, 0.1) is 6.92 Å². The van der Waals surface area contributed by atoms with Crippen molar-refractivity contribution in [2.45, 2.75) is 44.6 Å². The predicted octanol–water partition coefficient (Wildman–Crippen LogP) is 3.71. The number of fused-ring (bicyclic) bond motifs is 1. The highest BCUT2D eigenvalue weighted by atomic mass is 15.3. The lowest BCUT2D eigenvalue weighted by Crippen LogP contribution is -2.47. The number of likely N-dealkylation sites (N-methyl/N-ethyl adjacent to an activating group) is 1. The Balaban J connectivity index is 1.39. The summed E-state index contributed by atoms with van der Waals surface area (Å²) in [5.41, 5.74) is 2.92. The van der Waals surface area contributed by atoms with Crippen LogP contribution in [0.1, 0.15) is 43.1 Å². The molecule has 1 aliphatic heterocycles. The van der Waals surface area contributed by atoms with Crippen molar-refractivity contribution in [3.63, 3.8) is 0 Å². The van der Waals surface area contributed by atoms with Gasteiger partial charge in [0, 0.05) is 38.3 Å². The molecule has 1 saturated heterocycles. The lowest BCUT2D eigenvalue weighted by molar-refractivity contribution is 0.482. The molecule has 2 fully saturated rings. The standard InChI is InChI=1S/C22H26N6/c1-15-22(25-19-8-4-3-7-18(19)24-15)28-13-5-6-17(14-28)27(2)20-11-12-23-21(26-20)16-9-10-16/h3-4,7-8,11-12,16-17H,5-6,9-10,13-14H2,1-2H3. The Hall–Kier alpha value is -2.76. The Kier molecular flexibility index (Phi) is 4.34. The summed E-state index contributed by atoms with van der Waals surface area (Å²) in [7, 11) is 2.16. The van der Waals surface area contributed by atoms with Crippen LogP contribution in [0.2, 0.25) is 0 Å². The summed E-state index contributed by atoms with van der Waals surface area (Å²) >= 11 is 0. The van der Waals surface area contributed by atoms with Gasteiger partial charge in [-0.05, 0) is 50.8 Å². The van der Waals surface area contributed by atoms with E-state index in [0.717, 1.165) is 60.1 Å². The predicted molar refractivity (Wildman–Crippen MR) is 112 cm³/mol. The van der Waals surface area contributed by atoms with Crippen LogP contribution < -0.4 is 9.80 Å². The molecular formula is C22H26N6. The maximum Gasteiger partial charge on any atom is 0.150 e. The normalized spacial score (nSPS) is 19.8. The van der Waals surface area contributed by atoms with Crippen LogP contribution in [-0.4, -0.2) is 46.1 Å². The molecule has 1 unspecified atom stereocenters. The lowest BCUT2D eigenvalue weighted by atomic mass is 10.0. The molecular weight excluding hydrogens is 348 g/mol. The van der Waals surface area contributed by atoms with Gasteiger partial charge in [-0.15, -0.1) is 0 Å². The van der Waals surface area contributed by atoms with Crippen molar-refractivity contribution < 1.29 is 0 Å². The summed E-state index contributed by atoms with van der Waals surface area (Å²) in [6.45, 7) is 4.02. The Labute approximate surface area is 165 Å². The highest BCUT2D eigenvalue weighted by Crippen LogP contribution is 2.38. The molecule has 6 heteroatoms. The van der Waals surface area contributed by atoms with Gasteiger partial charge in [0.25, 0.3) is 0 Å². The van der Waals surface area contributed by atoms with Crippen LogP contribution in [0.5, 0.6) is 0 Å². The average Bonchev–Trinajstić information content (AvgIpc) is 3.58. The summed E-state index contributed by atoms with van der Waals surface area (Å²) in [6, 6.07) is 10.5. The van der Waals surface area contributed by atoms with Gasteiger partial charge in [0.1, 0.15) is 11.6 Å². The molecule has 3 aromatic rings. The van der Waals surface area contributed by atoms with E-state index in [9.17, 15) is 0 Å². The number of para-hydroxylation sites is 2. The molecule has 1 atom stereocenters. The van der Waals surface area contributed by atoms with E-state index in [1.807, 2.05) is 36.5 Å². The first kappa shape index (κ1) is 17.3. The van der Waals surface area contributed by atoms with Crippen molar-refractivity contribution in [3.8, 4) is 0 Å². The Morgan fingerprint density at radius 1 is 1.00 bits per heavy atom. The topological polar surface area (TPSA) is 58.0 Å². The van der Waals surface area contributed by atoms with Crippen LogP contribution >= 0.6 is 0 Å². The van der Waals surface area contributed by atoms with Crippen LogP contribution in [0.15, 0.2) is 36.5 Å². The van der Waals surface area contributed by atoms with Crippen molar-refractivity contribution in [2.75, 3.05) is 29.9 Å². The SMILES string of the molecule is Cc1nc2ccccc2nc1N1CCCC(N(C)c2ccnc(C3CC3)n2)C1. The second-order valence-corrected chi connectivity index (χ2v) is 8.02. The number of rotatable bonds is 4. The summed E-state index contributed by atoms with van der Waals surface area (Å²) in [5, 5.41) is 0. The number of piperidine rings is 1. The molecule has 1 aliphatic carbocycles. The zero-order valence-electron chi connectivity index (χ0n) is 16.5. The molecule has 2 aliphatic rings.